The smallest absolute Gasteiger partial charge is 0.313 e. The van der Waals surface area contributed by atoms with E-state index in [0.29, 0.717) is 5.88 Å². The quantitative estimate of drug-likeness (QED) is 0.683. The monoisotopic (exact) mass is 195 g/mol. The molecule has 1 rings (SSSR count). The number of hydrogen-bond acceptors (Lipinski definition) is 4. The van der Waals surface area contributed by atoms with E-state index in [0.717, 1.165) is 5.56 Å². The maximum Gasteiger partial charge on any atom is 0.313 e. The molecule has 4 nitrogen and oxygen atoms in total. The summed E-state index contributed by atoms with van der Waals surface area (Å²) in [5.41, 5.74) is 0.738. The van der Waals surface area contributed by atoms with Crippen molar-refractivity contribution in [1.82, 2.24) is 4.98 Å². The predicted octanol–water partition coefficient (Wildman–Crippen LogP) is 1.37. The van der Waals surface area contributed by atoms with Crippen molar-refractivity contribution < 1.29 is 14.3 Å². The Morgan fingerprint density at radius 1 is 1.50 bits per heavy atom. The van der Waals surface area contributed by atoms with Crippen LogP contribution >= 0.6 is 0 Å². The highest BCUT2D eigenvalue weighted by molar-refractivity contribution is 5.78. The Balaban J connectivity index is 2.99. The van der Waals surface area contributed by atoms with Crippen molar-refractivity contribution in [3.8, 4) is 5.88 Å². The van der Waals surface area contributed by atoms with Gasteiger partial charge in [-0.3, -0.25) is 4.79 Å². The minimum atomic E-state index is -0.358. The molecule has 0 saturated heterocycles. The molecule has 0 N–H and O–H groups in total. The van der Waals surface area contributed by atoms with Crippen LogP contribution in [0.25, 0.3) is 0 Å². The minimum absolute atomic E-state index is 0.295. The van der Waals surface area contributed by atoms with Gasteiger partial charge in [-0.25, -0.2) is 4.98 Å². The molecule has 14 heavy (non-hydrogen) atoms. The number of pyridine rings is 1. The Morgan fingerprint density at radius 2 is 2.21 bits per heavy atom. The Bertz CT molecular complexity index is 325. The van der Waals surface area contributed by atoms with Gasteiger partial charge < -0.3 is 9.47 Å². The Morgan fingerprint density at radius 3 is 2.79 bits per heavy atom. The molecule has 4 heteroatoms. The summed E-state index contributed by atoms with van der Waals surface area (Å²) in [6.45, 7) is 1.76. The molecule has 0 spiro atoms. The van der Waals surface area contributed by atoms with Gasteiger partial charge in [-0.15, -0.1) is 0 Å². The van der Waals surface area contributed by atoms with Gasteiger partial charge in [0, 0.05) is 11.8 Å². The first-order valence-electron chi connectivity index (χ1n) is 4.27. The van der Waals surface area contributed by atoms with Gasteiger partial charge in [-0.2, -0.15) is 0 Å². The molecule has 0 radical (unpaired) electrons. The van der Waals surface area contributed by atoms with E-state index in [1.807, 2.05) is 0 Å². The third kappa shape index (κ3) is 2.02. The van der Waals surface area contributed by atoms with Gasteiger partial charge in [-0.1, -0.05) is 6.07 Å². The summed E-state index contributed by atoms with van der Waals surface area (Å²) < 4.78 is 9.69. The maximum atomic E-state index is 11.3. The van der Waals surface area contributed by atoms with Crippen molar-refractivity contribution in [3.63, 3.8) is 0 Å². The molecule has 0 fully saturated rings. The van der Waals surface area contributed by atoms with Gasteiger partial charge in [0.05, 0.1) is 20.1 Å². The zero-order valence-corrected chi connectivity index (χ0v) is 8.48. The average molecular weight is 195 g/mol. The van der Waals surface area contributed by atoms with Crippen LogP contribution in [0.4, 0.5) is 0 Å². The fraction of sp³-hybridized carbons (Fsp3) is 0.400. The zero-order valence-electron chi connectivity index (χ0n) is 8.48. The van der Waals surface area contributed by atoms with Crippen LogP contribution in [-0.2, 0) is 9.53 Å². The molecular weight excluding hydrogens is 182 g/mol. The first-order valence-corrected chi connectivity index (χ1v) is 4.27. The maximum absolute atomic E-state index is 11.3. The standard InChI is InChI=1S/C10H13NO3/c1-7(10(12)14-3)8-5-4-6-11-9(8)13-2/h4-7H,1-3H3. The molecule has 1 heterocycles. The van der Waals surface area contributed by atoms with Gasteiger partial charge in [0.2, 0.25) is 5.88 Å². The second-order valence-corrected chi connectivity index (χ2v) is 2.85. The number of methoxy groups -OCH3 is 2. The number of carbonyl (C=O) groups excluding carboxylic acids is 1. The largest absolute Gasteiger partial charge is 0.481 e. The topological polar surface area (TPSA) is 48.4 Å². The lowest BCUT2D eigenvalue weighted by molar-refractivity contribution is -0.142. The molecule has 0 aliphatic heterocycles. The van der Waals surface area contributed by atoms with Crippen LogP contribution in [0.3, 0.4) is 0 Å². The lowest BCUT2D eigenvalue weighted by Crippen LogP contribution is -2.12. The predicted molar refractivity (Wildman–Crippen MR) is 51.2 cm³/mol. The minimum Gasteiger partial charge on any atom is -0.481 e. The second kappa shape index (κ2) is 4.60. The third-order valence-corrected chi connectivity index (χ3v) is 2.02. The average Bonchev–Trinajstić information content (AvgIpc) is 2.26. The van der Waals surface area contributed by atoms with Crippen LogP contribution in [0.1, 0.15) is 18.4 Å². The van der Waals surface area contributed by atoms with Gasteiger partial charge in [0.1, 0.15) is 0 Å². The summed E-state index contributed by atoms with van der Waals surface area (Å²) in [5.74, 6) is -0.189. The zero-order chi connectivity index (χ0) is 10.6. The van der Waals surface area contributed by atoms with E-state index in [1.165, 1.54) is 14.2 Å². The fourth-order valence-corrected chi connectivity index (χ4v) is 1.21. The van der Waals surface area contributed by atoms with E-state index >= 15 is 0 Å². The SMILES string of the molecule is COC(=O)C(C)c1cccnc1OC. The highest BCUT2D eigenvalue weighted by Crippen LogP contribution is 2.24. The van der Waals surface area contributed by atoms with Crippen LogP contribution in [0.2, 0.25) is 0 Å². The summed E-state index contributed by atoms with van der Waals surface area (Å²) in [7, 11) is 2.89. The number of carbonyl (C=O) groups is 1. The summed E-state index contributed by atoms with van der Waals surface area (Å²) in [6, 6.07) is 3.56. The highest BCUT2D eigenvalue weighted by atomic mass is 16.5. The number of ether oxygens (including phenoxy) is 2. The molecule has 1 unspecified atom stereocenters. The van der Waals surface area contributed by atoms with Gasteiger partial charge >= 0.3 is 5.97 Å². The normalized spacial score (nSPS) is 11.9. The first-order chi connectivity index (χ1) is 6.70. The van der Waals surface area contributed by atoms with Crippen molar-refractivity contribution >= 4 is 5.97 Å². The molecular formula is C10H13NO3. The van der Waals surface area contributed by atoms with E-state index in [-0.39, 0.29) is 11.9 Å². The molecule has 0 saturated carbocycles. The van der Waals surface area contributed by atoms with Crippen LogP contribution in [-0.4, -0.2) is 25.2 Å². The van der Waals surface area contributed by atoms with E-state index in [4.69, 9.17) is 4.74 Å². The Kier molecular flexibility index (Phi) is 3.45. The van der Waals surface area contributed by atoms with E-state index in [9.17, 15) is 4.79 Å². The summed E-state index contributed by atoms with van der Waals surface area (Å²) in [4.78, 5) is 15.3. The third-order valence-electron chi connectivity index (χ3n) is 2.02. The summed E-state index contributed by atoms with van der Waals surface area (Å²) >= 11 is 0. The summed E-state index contributed by atoms with van der Waals surface area (Å²) in [6.07, 6.45) is 1.62. The number of nitrogens with zero attached hydrogens (tertiary/aromatic N) is 1. The van der Waals surface area contributed by atoms with Crippen LogP contribution in [0.5, 0.6) is 5.88 Å². The van der Waals surface area contributed by atoms with Crippen molar-refractivity contribution in [3.05, 3.63) is 23.9 Å². The Labute approximate surface area is 82.9 Å². The molecule has 0 aliphatic rings. The first kappa shape index (κ1) is 10.5. The van der Waals surface area contributed by atoms with Crippen LogP contribution in [0.15, 0.2) is 18.3 Å². The fourth-order valence-electron chi connectivity index (χ4n) is 1.21. The van der Waals surface area contributed by atoms with Crippen LogP contribution in [0, 0.1) is 0 Å². The molecule has 0 aliphatic carbocycles. The van der Waals surface area contributed by atoms with E-state index in [2.05, 4.69) is 9.72 Å². The van der Waals surface area contributed by atoms with Crippen molar-refractivity contribution in [2.24, 2.45) is 0 Å². The molecule has 1 atom stereocenters. The van der Waals surface area contributed by atoms with Crippen molar-refractivity contribution in [1.29, 1.82) is 0 Å². The van der Waals surface area contributed by atoms with E-state index in [1.54, 1.807) is 25.3 Å². The second-order valence-electron chi connectivity index (χ2n) is 2.85. The lowest BCUT2D eigenvalue weighted by Gasteiger charge is -2.11. The molecule has 76 valence electrons. The lowest BCUT2D eigenvalue weighted by atomic mass is 10.0. The molecule has 1 aromatic rings. The van der Waals surface area contributed by atoms with Crippen LogP contribution < -0.4 is 4.74 Å². The molecule has 1 aromatic heterocycles. The molecule has 0 amide bonds. The van der Waals surface area contributed by atoms with Gasteiger partial charge in [0.25, 0.3) is 0 Å². The number of esters is 1. The van der Waals surface area contributed by atoms with Gasteiger partial charge in [-0.05, 0) is 13.0 Å². The number of hydrogen-bond donors (Lipinski definition) is 0. The van der Waals surface area contributed by atoms with E-state index < -0.39 is 0 Å². The van der Waals surface area contributed by atoms with Crippen molar-refractivity contribution in [2.75, 3.05) is 14.2 Å². The summed E-state index contributed by atoms with van der Waals surface area (Å²) in [5, 5.41) is 0. The Hall–Kier alpha value is -1.58. The number of rotatable bonds is 3. The number of aromatic nitrogens is 1. The van der Waals surface area contributed by atoms with Crippen molar-refractivity contribution in [2.45, 2.75) is 12.8 Å². The van der Waals surface area contributed by atoms with Gasteiger partial charge in [0.15, 0.2) is 0 Å². The molecule has 0 aromatic carbocycles. The highest BCUT2D eigenvalue weighted by Gasteiger charge is 2.19. The molecule has 0 bridgehead atoms.